The van der Waals surface area contributed by atoms with Gasteiger partial charge < -0.3 is 9.84 Å². The van der Waals surface area contributed by atoms with E-state index in [0.29, 0.717) is 0 Å². The Balaban J connectivity index is 3.56. The van der Waals surface area contributed by atoms with Crippen LogP contribution in [0, 0.1) is 11.3 Å². The summed E-state index contributed by atoms with van der Waals surface area (Å²) in [5.74, 6) is -0.923. The van der Waals surface area contributed by atoms with E-state index in [4.69, 9.17) is 10.4 Å². The van der Waals surface area contributed by atoms with Crippen molar-refractivity contribution < 1.29 is 23.4 Å². The van der Waals surface area contributed by atoms with Crippen molar-refractivity contribution in [3.05, 3.63) is 34.4 Å². The third-order valence-corrected chi connectivity index (χ3v) is 2.25. The van der Waals surface area contributed by atoms with E-state index in [0.717, 1.165) is 19.2 Å². The highest BCUT2D eigenvalue weighted by molar-refractivity contribution is 5.94. The number of halogens is 2. The van der Waals surface area contributed by atoms with Crippen LogP contribution < -0.4 is 0 Å². The van der Waals surface area contributed by atoms with E-state index in [1.54, 1.807) is 6.07 Å². The average Bonchev–Trinajstić information content (AvgIpc) is 2.35. The summed E-state index contributed by atoms with van der Waals surface area (Å²) in [5.41, 5.74) is -1.17. The number of hydrogen-bond donors (Lipinski definition) is 1. The number of esters is 1. The highest BCUT2D eigenvalue weighted by Gasteiger charge is 2.23. The van der Waals surface area contributed by atoms with Crippen LogP contribution in [-0.4, -0.2) is 18.2 Å². The van der Waals surface area contributed by atoms with Gasteiger partial charge in [-0.3, -0.25) is 0 Å². The maximum atomic E-state index is 12.7. The molecule has 4 nitrogen and oxygen atoms in total. The summed E-state index contributed by atoms with van der Waals surface area (Å²) in [4.78, 5) is 11.4. The van der Waals surface area contributed by atoms with Crippen molar-refractivity contribution in [1.29, 1.82) is 5.26 Å². The summed E-state index contributed by atoms with van der Waals surface area (Å²) in [6.07, 6.45) is -2.84. The van der Waals surface area contributed by atoms with Gasteiger partial charge in [-0.1, -0.05) is 6.07 Å². The average molecular weight is 241 g/mol. The predicted octanol–water partition coefficient (Wildman–Crippen LogP) is 1.77. The molecule has 0 radical (unpaired) electrons. The Bertz CT molecular complexity index is 480. The van der Waals surface area contributed by atoms with E-state index in [2.05, 4.69) is 4.74 Å². The van der Waals surface area contributed by atoms with Crippen molar-refractivity contribution in [2.24, 2.45) is 0 Å². The first kappa shape index (κ1) is 13.1. The number of carbonyl (C=O) groups is 1. The first-order chi connectivity index (χ1) is 8.06. The highest BCUT2D eigenvalue weighted by Crippen LogP contribution is 2.28. The Morgan fingerprint density at radius 1 is 1.59 bits per heavy atom. The van der Waals surface area contributed by atoms with Gasteiger partial charge in [0.1, 0.15) is 6.07 Å². The molecule has 0 fully saturated rings. The van der Waals surface area contributed by atoms with Crippen LogP contribution in [0.5, 0.6) is 0 Å². The Labute approximate surface area is 96.0 Å². The molecule has 6 heteroatoms. The zero-order chi connectivity index (χ0) is 13.0. The second-order valence-electron chi connectivity index (χ2n) is 3.12. The lowest BCUT2D eigenvalue weighted by atomic mass is 9.97. The number of aliphatic hydroxyl groups excluding tert-OH is 1. The maximum Gasteiger partial charge on any atom is 0.339 e. The quantitative estimate of drug-likeness (QED) is 0.819. The molecule has 0 unspecified atom stereocenters. The molecule has 0 spiro atoms. The summed E-state index contributed by atoms with van der Waals surface area (Å²) in [6.45, 7) is -0.764. The van der Waals surface area contributed by atoms with E-state index >= 15 is 0 Å². The van der Waals surface area contributed by atoms with Crippen LogP contribution in [0.4, 0.5) is 8.78 Å². The third kappa shape index (κ3) is 2.40. The van der Waals surface area contributed by atoms with Crippen LogP contribution in [0.25, 0.3) is 0 Å². The third-order valence-electron chi connectivity index (χ3n) is 2.25. The Hall–Kier alpha value is -2.00. The number of methoxy groups -OCH3 is 1. The molecule has 0 aliphatic rings. The van der Waals surface area contributed by atoms with Crippen molar-refractivity contribution in [3.63, 3.8) is 0 Å². The number of rotatable bonds is 3. The molecule has 1 aromatic rings. The van der Waals surface area contributed by atoms with E-state index in [1.165, 1.54) is 0 Å². The fourth-order valence-corrected chi connectivity index (χ4v) is 1.47. The van der Waals surface area contributed by atoms with Crippen LogP contribution in [0.3, 0.4) is 0 Å². The van der Waals surface area contributed by atoms with Gasteiger partial charge in [0, 0.05) is 11.1 Å². The number of aliphatic hydroxyl groups is 1. The highest BCUT2D eigenvalue weighted by atomic mass is 19.3. The van der Waals surface area contributed by atoms with Crippen LogP contribution in [0.2, 0.25) is 0 Å². The first-order valence-corrected chi connectivity index (χ1v) is 4.60. The molecular formula is C11H9F2NO3. The normalized spacial score (nSPS) is 10.1. The molecule has 17 heavy (non-hydrogen) atoms. The van der Waals surface area contributed by atoms with Gasteiger partial charge in [-0.2, -0.15) is 5.26 Å². The Morgan fingerprint density at radius 2 is 2.24 bits per heavy atom. The van der Waals surface area contributed by atoms with Crippen molar-refractivity contribution >= 4 is 5.97 Å². The largest absolute Gasteiger partial charge is 0.465 e. The summed E-state index contributed by atoms with van der Waals surface area (Å²) in [6, 6.07) is 3.81. The summed E-state index contributed by atoms with van der Waals surface area (Å²) in [5, 5.41) is 17.8. The number of nitriles is 1. The summed E-state index contributed by atoms with van der Waals surface area (Å²) in [7, 11) is 1.07. The van der Waals surface area contributed by atoms with Crippen LogP contribution in [0.1, 0.15) is 33.5 Å². The number of alkyl halides is 2. The van der Waals surface area contributed by atoms with Crippen LogP contribution in [0.15, 0.2) is 12.1 Å². The fourth-order valence-electron chi connectivity index (χ4n) is 1.47. The minimum absolute atomic E-state index is 0.106. The molecule has 0 saturated carbocycles. The van der Waals surface area contributed by atoms with Gasteiger partial charge in [-0.05, 0) is 6.07 Å². The second-order valence-corrected chi connectivity index (χ2v) is 3.12. The molecule has 1 aromatic carbocycles. The number of hydrogen-bond acceptors (Lipinski definition) is 4. The molecule has 1 N–H and O–H groups in total. The van der Waals surface area contributed by atoms with Crippen molar-refractivity contribution in [2.75, 3.05) is 7.11 Å². The zero-order valence-electron chi connectivity index (χ0n) is 8.91. The number of carbonyl (C=O) groups excluding carboxylic acids is 1. The van der Waals surface area contributed by atoms with Gasteiger partial charge in [0.05, 0.1) is 24.8 Å². The standard InChI is InChI=1S/C11H9F2NO3/c1-17-11(16)9-6(4-14)2-3-7(10(12)13)8(9)5-15/h2-3,10,15H,5H2,1H3. The van der Waals surface area contributed by atoms with Crippen LogP contribution in [-0.2, 0) is 11.3 Å². The Morgan fingerprint density at radius 3 is 2.65 bits per heavy atom. The lowest BCUT2D eigenvalue weighted by molar-refractivity contribution is 0.0595. The molecule has 0 bridgehead atoms. The monoisotopic (exact) mass is 241 g/mol. The van der Waals surface area contributed by atoms with E-state index < -0.39 is 24.6 Å². The number of benzene rings is 1. The van der Waals surface area contributed by atoms with Crippen molar-refractivity contribution in [3.8, 4) is 6.07 Å². The molecule has 1 rings (SSSR count). The maximum absolute atomic E-state index is 12.7. The molecule has 0 amide bonds. The topological polar surface area (TPSA) is 70.3 Å². The lowest BCUT2D eigenvalue weighted by Crippen LogP contribution is -2.11. The molecule has 0 atom stereocenters. The van der Waals surface area contributed by atoms with Gasteiger partial charge >= 0.3 is 5.97 Å². The van der Waals surface area contributed by atoms with Gasteiger partial charge in [-0.15, -0.1) is 0 Å². The first-order valence-electron chi connectivity index (χ1n) is 4.60. The second kappa shape index (κ2) is 5.37. The lowest BCUT2D eigenvalue weighted by Gasteiger charge is -2.12. The van der Waals surface area contributed by atoms with Crippen molar-refractivity contribution in [1.82, 2.24) is 0 Å². The van der Waals surface area contributed by atoms with E-state index in [1.807, 2.05) is 0 Å². The molecule has 0 heterocycles. The van der Waals surface area contributed by atoms with Gasteiger partial charge in [0.2, 0.25) is 0 Å². The summed E-state index contributed by atoms with van der Waals surface area (Å²) < 4.78 is 29.7. The predicted molar refractivity (Wildman–Crippen MR) is 53.4 cm³/mol. The van der Waals surface area contributed by atoms with Gasteiger partial charge in [0.15, 0.2) is 0 Å². The van der Waals surface area contributed by atoms with Crippen LogP contribution >= 0.6 is 0 Å². The van der Waals surface area contributed by atoms with Gasteiger partial charge in [-0.25, -0.2) is 13.6 Å². The summed E-state index contributed by atoms with van der Waals surface area (Å²) >= 11 is 0. The molecule has 0 aromatic heterocycles. The number of nitrogens with zero attached hydrogens (tertiary/aromatic N) is 1. The molecule has 90 valence electrons. The van der Waals surface area contributed by atoms with Crippen molar-refractivity contribution in [2.45, 2.75) is 13.0 Å². The minimum Gasteiger partial charge on any atom is -0.465 e. The fraction of sp³-hybridized carbons (Fsp3) is 0.273. The SMILES string of the molecule is COC(=O)c1c(C#N)ccc(C(F)F)c1CO. The smallest absolute Gasteiger partial charge is 0.339 e. The molecule has 0 aliphatic heterocycles. The number of ether oxygens (including phenoxy) is 1. The molecule has 0 saturated heterocycles. The molecular weight excluding hydrogens is 232 g/mol. The van der Waals surface area contributed by atoms with E-state index in [9.17, 15) is 13.6 Å². The molecule has 0 aliphatic carbocycles. The zero-order valence-corrected chi connectivity index (χ0v) is 8.91. The van der Waals surface area contributed by atoms with Gasteiger partial charge in [0.25, 0.3) is 6.43 Å². The minimum atomic E-state index is -2.84. The Kier molecular flexibility index (Phi) is 4.12. The van der Waals surface area contributed by atoms with E-state index in [-0.39, 0.29) is 16.7 Å².